The van der Waals surface area contributed by atoms with Crippen molar-refractivity contribution in [2.24, 2.45) is 0 Å². The number of halogens is 1. The van der Waals surface area contributed by atoms with Crippen LogP contribution in [0.4, 0.5) is 0 Å². The minimum Gasteiger partial charge on any atom is -0.493 e. The van der Waals surface area contributed by atoms with Crippen LogP contribution in [0.2, 0.25) is 0 Å². The molecule has 0 saturated carbocycles. The lowest BCUT2D eigenvalue weighted by atomic mass is 10.1. The fraction of sp³-hybridized carbons (Fsp3) is 0.300. The van der Waals surface area contributed by atoms with Crippen LogP contribution in [0.15, 0.2) is 34.8 Å². The second kappa shape index (κ2) is 8.97. The van der Waals surface area contributed by atoms with Crippen LogP contribution in [0.25, 0.3) is 0 Å². The summed E-state index contributed by atoms with van der Waals surface area (Å²) in [5.41, 5.74) is 0.615. The summed E-state index contributed by atoms with van der Waals surface area (Å²) in [4.78, 5) is 24.7. The van der Waals surface area contributed by atoms with Gasteiger partial charge >= 0.3 is 5.97 Å². The molecule has 0 atom stereocenters. The van der Waals surface area contributed by atoms with Crippen LogP contribution < -0.4 is 18.9 Å². The summed E-state index contributed by atoms with van der Waals surface area (Å²) >= 11 is 3.35. The number of rotatable bonds is 7. The summed E-state index contributed by atoms with van der Waals surface area (Å²) in [5.74, 6) is 0.986. The van der Waals surface area contributed by atoms with Crippen molar-refractivity contribution in [3.05, 3.63) is 45.9 Å². The monoisotopic (exact) mass is 450 g/mol. The number of hydrogen-bond donors (Lipinski definition) is 0. The summed E-state index contributed by atoms with van der Waals surface area (Å²) in [7, 11) is 1.48. The van der Waals surface area contributed by atoms with Crippen LogP contribution in [-0.4, -0.2) is 45.3 Å². The number of benzene rings is 2. The maximum absolute atomic E-state index is 12.4. The minimum atomic E-state index is -0.645. The molecular formula is C20H19BrO7. The average Bonchev–Trinajstić information content (AvgIpc) is 2.72. The van der Waals surface area contributed by atoms with Crippen molar-refractivity contribution < 1.29 is 33.3 Å². The van der Waals surface area contributed by atoms with Crippen LogP contribution in [0.3, 0.4) is 0 Å². The van der Waals surface area contributed by atoms with Crippen molar-refractivity contribution >= 4 is 27.7 Å². The van der Waals surface area contributed by atoms with E-state index in [1.807, 2.05) is 6.92 Å². The van der Waals surface area contributed by atoms with Crippen LogP contribution in [-0.2, 0) is 4.74 Å². The molecule has 148 valence electrons. The van der Waals surface area contributed by atoms with Gasteiger partial charge < -0.3 is 23.7 Å². The van der Waals surface area contributed by atoms with Crippen molar-refractivity contribution in [1.82, 2.24) is 0 Å². The molecule has 0 aliphatic carbocycles. The third-order valence-electron chi connectivity index (χ3n) is 3.95. The number of ether oxygens (including phenoxy) is 5. The lowest BCUT2D eigenvalue weighted by Gasteiger charge is -2.18. The Morgan fingerprint density at radius 1 is 1.07 bits per heavy atom. The number of methoxy groups -OCH3 is 1. The molecule has 0 spiro atoms. The molecule has 7 nitrogen and oxygen atoms in total. The van der Waals surface area contributed by atoms with Gasteiger partial charge in [0.05, 0.1) is 23.8 Å². The van der Waals surface area contributed by atoms with Gasteiger partial charge in [0, 0.05) is 5.56 Å². The first-order valence-corrected chi connectivity index (χ1v) is 9.43. The molecule has 1 heterocycles. The lowest BCUT2D eigenvalue weighted by molar-refractivity contribution is 0.0474. The molecule has 0 bridgehead atoms. The third kappa shape index (κ3) is 4.39. The molecule has 0 aromatic heterocycles. The van der Waals surface area contributed by atoms with Gasteiger partial charge in [-0.15, -0.1) is 0 Å². The summed E-state index contributed by atoms with van der Waals surface area (Å²) < 4.78 is 27.4. The van der Waals surface area contributed by atoms with Gasteiger partial charge in [0.1, 0.15) is 13.2 Å². The fourth-order valence-electron chi connectivity index (χ4n) is 2.64. The largest absolute Gasteiger partial charge is 0.493 e. The number of carbonyl (C=O) groups is 2. The zero-order valence-electron chi connectivity index (χ0n) is 15.5. The molecule has 0 unspecified atom stereocenters. The van der Waals surface area contributed by atoms with Crippen molar-refractivity contribution in [3.8, 4) is 23.0 Å². The highest BCUT2D eigenvalue weighted by atomic mass is 79.9. The van der Waals surface area contributed by atoms with Gasteiger partial charge in [-0.2, -0.15) is 0 Å². The third-order valence-corrected chi connectivity index (χ3v) is 4.54. The molecular weight excluding hydrogens is 432 g/mol. The van der Waals surface area contributed by atoms with Crippen LogP contribution in [0, 0.1) is 0 Å². The van der Waals surface area contributed by atoms with Gasteiger partial charge in [-0.3, -0.25) is 4.79 Å². The van der Waals surface area contributed by atoms with E-state index >= 15 is 0 Å². The quantitative estimate of drug-likeness (QED) is 0.470. The first-order valence-electron chi connectivity index (χ1n) is 8.63. The Morgan fingerprint density at radius 2 is 1.82 bits per heavy atom. The summed E-state index contributed by atoms with van der Waals surface area (Å²) in [6, 6.07) is 7.93. The predicted octanol–water partition coefficient (Wildman–Crippen LogP) is 3.67. The molecule has 2 aromatic rings. The first-order chi connectivity index (χ1) is 13.5. The maximum Gasteiger partial charge on any atom is 0.338 e. The smallest absolute Gasteiger partial charge is 0.338 e. The van der Waals surface area contributed by atoms with Crippen LogP contribution >= 0.6 is 15.9 Å². The van der Waals surface area contributed by atoms with E-state index in [1.54, 1.807) is 24.3 Å². The Hall–Kier alpha value is -2.74. The summed E-state index contributed by atoms with van der Waals surface area (Å²) in [6.45, 7) is 2.79. The Morgan fingerprint density at radius 3 is 2.54 bits per heavy atom. The van der Waals surface area contributed by atoms with Gasteiger partial charge in [0.15, 0.2) is 35.4 Å². The van der Waals surface area contributed by atoms with E-state index in [4.69, 9.17) is 23.7 Å². The highest BCUT2D eigenvalue weighted by Gasteiger charge is 2.19. The predicted molar refractivity (Wildman–Crippen MR) is 104 cm³/mol. The van der Waals surface area contributed by atoms with Gasteiger partial charge in [-0.25, -0.2) is 4.79 Å². The molecule has 0 fully saturated rings. The van der Waals surface area contributed by atoms with E-state index in [9.17, 15) is 9.59 Å². The van der Waals surface area contributed by atoms with E-state index in [-0.39, 0.29) is 11.3 Å². The molecule has 1 aliphatic heterocycles. The van der Waals surface area contributed by atoms with Crippen molar-refractivity contribution in [2.45, 2.75) is 6.92 Å². The topological polar surface area (TPSA) is 80.3 Å². The Balaban J connectivity index is 1.68. The zero-order chi connectivity index (χ0) is 20.1. The van der Waals surface area contributed by atoms with Gasteiger partial charge in [0.25, 0.3) is 0 Å². The van der Waals surface area contributed by atoms with Gasteiger partial charge in [-0.05, 0) is 53.2 Å². The molecule has 3 rings (SSSR count). The Kier molecular flexibility index (Phi) is 6.41. The van der Waals surface area contributed by atoms with E-state index in [0.717, 1.165) is 0 Å². The molecule has 0 amide bonds. The Labute approximate surface area is 170 Å². The normalized spacial score (nSPS) is 12.2. The van der Waals surface area contributed by atoms with Crippen molar-refractivity contribution in [2.75, 3.05) is 33.5 Å². The van der Waals surface area contributed by atoms with E-state index in [2.05, 4.69) is 15.9 Å². The van der Waals surface area contributed by atoms with E-state index in [1.165, 1.54) is 13.2 Å². The number of esters is 1. The Bertz CT molecular complexity index is 894. The van der Waals surface area contributed by atoms with Gasteiger partial charge in [-0.1, -0.05) is 0 Å². The lowest BCUT2D eigenvalue weighted by Crippen LogP contribution is -2.17. The van der Waals surface area contributed by atoms with Crippen molar-refractivity contribution in [3.63, 3.8) is 0 Å². The first kappa shape index (κ1) is 20.0. The standard InChI is InChI=1S/C20H19BrO7/c1-3-25-19-14(21)8-13(10-18(19)24-2)20(23)28-11-15(22)12-4-5-16-17(9-12)27-7-6-26-16/h4-5,8-10H,3,6-7,11H2,1-2H3. The second-order valence-electron chi connectivity index (χ2n) is 5.78. The zero-order valence-corrected chi connectivity index (χ0v) is 17.0. The minimum absolute atomic E-state index is 0.238. The molecule has 8 heteroatoms. The molecule has 28 heavy (non-hydrogen) atoms. The van der Waals surface area contributed by atoms with E-state index < -0.39 is 12.6 Å². The van der Waals surface area contributed by atoms with E-state index in [0.29, 0.717) is 52.9 Å². The number of carbonyl (C=O) groups excluding carboxylic acids is 2. The SMILES string of the molecule is CCOc1c(Br)cc(C(=O)OCC(=O)c2ccc3c(c2)OCCO3)cc1OC. The molecule has 1 aliphatic rings. The highest BCUT2D eigenvalue weighted by Crippen LogP contribution is 2.37. The van der Waals surface area contributed by atoms with Gasteiger partial charge in [0.2, 0.25) is 0 Å². The second-order valence-corrected chi connectivity index (χ2v) is 6.63. The number of ketones is 1. The number of Topliss-reactive ketones (excluding diaryl/α,β-unsaturated/α-hetero) is 1. The van der Waals surface area contributed by atoms with Crippen molar-refractivity contribution in [1.29, 1.82) is 0 Å². The summed E-state index contributed by atoms with van der Waals surface area (Å²) in [5, 5.41) is 0. The van der Waals surface area contributed by atoms with Crippen LogP contribution in [0.1, 0.15) is 27.6 Å². The average molecular weight is 451 g/mol. The fourth-order valence-corrected chi connectivity index (χ4v) is 3.19. The molecule has 2 aromatic carbocycles. The maximum atomic E-state index is 12.4. The highest BCUT2D eigenvalue weighted by molar-refractivity contribution is 9.10. The summed E-state index contributed by atoms with van der Waals surface area (Å²) in [6.07, 6.45) is 0. The number of fused-ring (bicyclic) bond motifs is 1. The molecule has 0 saturated heterocycles. The van der Waals surface area contributed by atoms with Crippen LogP contribution in [0.5, 0.6) is 23.0 Å². The molecule has 0 radical (unpaired) electrons. The molecule has 0 N–H and O–H groups in total. The number of hydrogen-bond acceptors (Lipinski definition) is 7.